The first-order valence-corrected chi connectivity index (χ1v) is 7.19. The number of anilines is 1. The Kier molecular flexibility index (Phi) is 4.39. The number of hydrogen-bond acceptors (Lipinski definition) is 3. The Hall–Kier alpha value is -0.770. The van der Waals surface area contributed by atoms with E-state index < -0.39 is 5.60 Å². The van der Waals surface area contributed by atoms with Gasteiger partial charge in [0.05, 0.1) is 16.3 Å². The Balaban J connectivity index is 2.15. The molecular weight excluding hydrogens is 260 g/mol. The predicted molar refractivity (Wildman–Crippen MR) is 80.9 cm³/mol. The largest absolute Gasteiger partial charge is 0.389 e. The molecule has 0 spiro atoms. The molecule has 1 aromatic carbocycles. The van der Waals surface area contributed by atoms with Crippen LogP contribution in [0.15, 0.2) is 18.2 Å². The molecule has 0 atom stereocenters. The summed E-state index contributed by atoms with van der Waals surface area (Å²) in [6.45, 7) is 4.99. The van der Waals surface area contributed by atoms with Gasteiger partial charge in [0, 0.05) is 26.2 Å². The summed E-state index contributed by atoms with van der Waals surface area (Å²) in [6, 6.07) is 6.65. The predicted octanol–water partition coefficient (Wildman–Crippen LogP) is 2.80. The van der Waals surface area contributed by atoms with Crippen LogP contribution in [-0.4, -0.2) is 30.3 Å². The molecule has 2 N–H and O–H groups in total. The number of likely N-dealkylation sites (N-methyl/N-ethyl adjacent to an activating group) is 1. The van der Waals surface area contributed by atoms with Gasteiger partial charge in [-0.1, -0.05) is 23.7 Å². The van der Waals surface area contributed by atoms with Crippen LogP contribution in [0.4, 0.5) is 5.69 Å². The Morgan fingerprint density at radius 2 is 2.11 bits per heavy atom. The summed E-state index contributed by atoms with van der Waals surface area (Å²) in [5.74, 6) is 0. The lowest BCUT2D eigenvalue weighted by atomic mass is 10.1. The van der Waals surface area contributed by atoms with Crippen LogP contribution in [0.3, 0.4) is 0 Å². The van der Waals surface area contributed by atoms with E-state index in [1.807, 2.05) is 37.9 Å². The van der Waals surface area contributed by atoms with Gasteiger partial charge >= 0.3 is 0 Å². The minimum atomic E-state index is -0.741. The van der Waals surface area contributed by atoms with Gasteiger partial charge < -0.3 is 15.3 Å². The molecule has 19 heavy (non-hydrogen) atoms. The van der Waals surface area contributed by atoms with Crippen molar-refractivity contribution in [3.63, 3.8) is 0 Å². The van der Waals surface area contributed by atoms with E-state index in [2.05, 4.69) is 11.4 Å². The van der Waals surface area contributed by atoms with Crippen LogP contribution in [0, 0.1) is 0 Å². The highest BCUT2D eigenvalue weighted by Crippen LogP contribution is 2.31. The van der Waals surface area contributed by atoms with Crippen LogP contribution < -0.4 is 10.2 Å². The Morgan fingerprint density at radius 1 is 1.42 bits per heavy atom. The fraction of sp³-hybridized carbons (Fsp3) is 0.600. The molecule has 0 bridgehead atoms. The van der Waals surface area contributed by atoms with Crippen molar-refractivity contribution < 1.29 is 5.11 Å². The lowest BCUT2D eigenvalue weighted by Gasteiger charge is -2.29. The van der Waals surface area contributed by atoms with E-state index in [1.54, 1.807) is 0 Å². The van der Waals surface area contributed by atoms with Crippen molar-refractivity contribution >= 4 is 17.3 Å². The van der Waals surface area contributed by atoms with Crippen molar-refractivity contribution in [1.82, 2.24) is 5.32 Å². The van der Waals surface area contributed by atoms with E-state index in [9.17, 15) is 5.11 Å². The van der Waals surface area contributed by atoms with Gasteiger partial charge in [-0.2, -0.15) is 0 Å². The highest BCUT2D eigenvalue weighted by Gasteiger charge is 2.22. The van der Waals surface area contributed by atoms with Gasteiger partial charge in [-0.05, 0) is 38.3 Å². The number of aliphatic hydroxyl groups is 1. The van der Waals surface area contributed by atoms with Crippen LogP contribution in [0.2, 0.25) is 5.02 Å². The fourth-order valence-corrected chi connectivity index (χ4v) is 2.67. The average Bonchev–Trinajstić information content (AvgIpc) is 3.07. The van der Waals surface area contributed by atoms with E-state index in [1.165, 1.54) is 18.4 Å². The molecule has 0 amide bonds. The van der Waals surface area contributed by atoms with Crippen molar-refractivity contribution in [1.29, 1.82) is 0 Å². The Morgan fingerprint density at radius 3 is 2.68 bits per heavy atom. The zero-order valence-electron chi connectivity index (χ0n) is 11.9. The quantitative estimate of drug-likeness (QED) is 0.842. The van der Waals surface area contributed by atoms with Crippen molar-refractivity contribution in [3.8, 4) is 0 Å². The molecule has 0 aliphatic heterocycles. The number of nitrogens with zero attached hydrogens (tertiary/aromatic N) is 1. The van der Waals surface area contributed by atoms with Gasteiger partial charge in [-0.15, -0.1) is 0 Å². The normalized spacial score (nSPS) is 15.6. The zero-order chi connectivity index (χ0) is 14.0. The van der Waals surface area contributed by atoms with Gasteiger partial charge in [0.2, 0.25) is 0 Å². The first-order valence-electron chi connectivity index (χ1n) is 6.81. The first-order chi connectivity index (χ1) is 8.87. The monoisotopic (exact) mass is 282 g/mol. The maximum Gasteiger partial charge on any atom is 0.0765 e. The summed E-state index contributed by atoms with van der Waals surface area (Å²) in [7, 11) is 1.97. The van der Waals surface area contributed by atoms with Crippen LogP contribution in [0.25, 0.3) is 0 Å². The Labute approximate surface area is 120 Å². The second kappa shape index (κ2) is 5.70. The minimum Gasteiger partial charge on any atom is -0.389 e. The van der Waals surface area contributed by atoms with Crippen molar-refractivity contribution in [2.45, 2.75) is 44.9 Å². The van der Waals surface area contributed by atoms with Crippen LogP contribution in [-0.2, 0) is 6.54 Å². The molecular formula is C15H23ClN2O. The second-order valence-corrected chi connectivity index (χ2v) is 6.48. The maximum absolute atomic E-state index is 9.96. The molecule has 1 aromatic rings. The van der Waals surface area contributed by atoms with Gasteiger partial charge in [0.15, 0.2) is 0 Å². The van der Waals surface area contributed by atoms with Gasteiger partial charge in [-0.3, -0.25) is 0 Å². The molecule has 106 valence electrons. The average molecular weight is 283 g/mol. The lowest BCUT2D eigenvalue weighted by Crippen LogP contribution is -2.37. The molecule has 2 rings (SSSR count). The molecule has 1 aliphatic carbocycles. The third-order valence-electron chi connectivity index (χ3n) is 3.23. The smallest absolute Gasteiger partial charge is 0.0765 e. The van der Waals surface area contributed by atoms with Gasteiger partial charge in [0.25, 0.3) is 0 Å². The molecule has 1 aliphatic rings. The maximum atomic E-state index is 9.96. The molecule has 0 aromatic heterocycles. The van der Waals surface area contributed by atoms with Crippen molar-refractivity contribution in [3.05, 3.63) is 28.8 Å². The molecule has 0 heterocycles. The molecule has 0 saturated heterocycles. The van der Waals surface area contributed by atoms with E-state index >= 15 is 0 Å². The van der Waals surface area contributed by atoms with Crippen molar-refractivity contribution in [2.75, 3.05) is 18.5 Å². The van der Waals surface area contributed by atoms with Crippen LogP contribution in [0.1, 0.15) is 32.3 Å². The van der Waals surface area contributed by atoms with E-state index in [0.29, 0.717) is 12.6 Å². The fourth-order valence-electron chi connectivity index (χ4n) is 2.33. The van der Waals surface area contributed by atoms with E-state index in [0.717, 1.165) is 17.3 Å². The minimum absolute atomic E-state index is 0.549. The SMILES string of the molecule is CN(CC(C)(C)O)c1c(Cl)cccc1CNC1CC1. The van der Waals surface area contributed by atoms with Crippen LogP contribution in [0.5, 0.6) is 0 Å². The number of nitrogens with one attached hydrogen (secondary N) is 1. The second-order valence-electron chi connectivity index (χ2n) is 6.07. The number of para-hydroxylation sites is 1. The highest BCUT2D eigenvalue weighted by atomic mass is 35.5. The number of benzene rings is 1. The molecule has 0 unspecified atom stereocenters. The molecule has 1 saturated carbocycles. The Bertz CT molecular complexity index is 438. The summed E-state index contributed by atoms with van der Waals surface area (Å²) in [4.78, 5) is 2.03. The topological polar surface area (TPSA) is 35.5 Å². The third-order valence-corrected chi connectivity index (χ3v) is 3.54. The van der Waals surface area contributed by atoms with Gasteiger partial charge in [-0.25, -0.2) is 0 Å². The molecule has 0 radical (unpaired) electrons. The molecule has 3 nitrogen and oxygen atoms in total. The van der Waals surface area contributed by atoms with Crippen molar-refractivity contribution in [2.24, 2.45) is 0 Å². The first kappa shape index (κ1) is 14.6. The summed E-state index contributed by atoms with van der Waals surface area (Å²) >= 11 is 6.33. The van der Waals surface area contributed by atoms with E-state index in [-0.39, 0.29) is 0 Å². The van der Waals surface area contributed by atoms with E-state index in [4.69, 9.17) is 11.6 Å². The number of hydrogen-bond donors (Lipinski definition) is 2. The van der Waals surface area contributed by atoms with Crippen LogP contribution >= 0.6 is 11.6 Å². The highest BCUT2D eigenvalue weighted by molar-refractivity contribution is 6.33. The summed E-state index contributed by atoms with van der Waals surface area (Å²) < 4.78 is 0. The summed E-state index contributed by atoms with van der Waals surface area (Å²) in [6.07, 6.45) is 2.55. The zero-order valence-corrected chi connectivity index (χ0v) is 12.7. The standard InChI is InChI=1S/C15H23ClN2O/c1-15(2,19)10-18(3)14-11(5-4-6-13(14)16)9-17-12-7-8-12/h4-6,12,17,19H,7-10H2,1-3H3. The molecule has 1 fully saturated rings. The third kappa shape index (κ3) is 4.37. The summed E-state index contributed by atoms with van der Waals surface area (Å²) in [5.41, 5.74) is 1.46. The number of rotatable bonds is 6. The number of halogens is 1. The van der Waals surface area contributed by atoms with Gasteiger partial charge in [0.1, 0.15) is 0 Å². The molecule has 4 heteroatoms. The lowest BCUT2D eigenvalue weighted by molar-refractivity contribution is 0.0886. The summed E-state index contributed by atoms with van der Waals surface area (Å²) in [5, 5.41) is 14.2.